The summed E-state index contributed by atoms with van der Waals surface area (Å²) in [7, 11) is 3.71. The molecule has 1 aliphatic carbocycles. The van der Waals surface area contributed by atoms with E-state index in [0.717, 1.165) is 56.2 Å². The highest BCUT2D eigenvalue weighted by atomic mass is 16.5. The summed E-state index contributed by atoms with van der Waals surface area (Å²) in [4.78, 5) is 2.46. The molecule has 0 aliphatic heterocycles. The third-order valence-corrected chi connectivity index (χ3v) is 5.23. The highest BCUT2D eigenvalue weighted by molar-refractivity contribution is 5.28. The molecule has 1 saturated carbocycles. The zero-order valence-electron chi connectivity index (χ0n) is 15.4. The second-order valence-electron chi connectivity index (χ2n) is 6.94. The van der Waals surface area contributed by atoms with Crippen molar-refractivity contribution in [3.63, 3.8) is 0 Å². The molecule has 6 nitrogen and oxygen atoms in total. The zero-order chi connectivity index (χ0) is 17.8. The van der Waals surface area contributed by atoms with Gasteiger partial charge in [0.15, 0.2) is 0 Å². The van der Waals surface area contributed by atoms with Gasteiger partial charge in [-0.2, -0.15) is 0 Å². The minimum Gasteiger partial charge on any atom is -0.497 e. The Bertz CT molecular complexity index is 692. The lowest BCUT2D eigenvalue weighted by Crippen LogP contribution is -2.38. The van der Waals surface area contributed by atoms with Gasteiger partial charge in [-0.3, -0.25) is 4.90 Å². The predicted octanol–water partition coefficient (Wildman–Crippen LogP) is 2.44. The number of hydrogen-bond donors (Lipinski definition) is 1. The molecule has 1 aromatic heterocycles. The Balaban J connectivity index is 1.79. The van der Waals surface area contributed by atoms with Gasteiger partial charge in [-0.25, -0.2) is 0 Å². The maximum Gasteiger partial charge on any atom is 0.146 e. The van der Waals surface area contributed by atoms with Crippen LogP contribution < -0.4 is 4.74 Å². The quantitative estimate of drug-likeness (QED) is 0.872. The van der Waals surface area contributed by atoms with Crippen molar-refractivity contribution in [2.24, 2.45) is 7.05 Å². The number of nitrogens with zero attached hydrogens (tertiary/aromatic N) is 4. The van der Waals surface area contributed by atoms with Crippen LogP contribution in [0.5, 0.6) is 5.75 Å². The molecule has 136 valence electrons. The smallest absolute Gasteiger partial charge is 0.146 e. The number of aromatic nitrogens is 3. The van der Waals surface area contributed by atoms with E-state index in [4.69, 9.17) is 4.74 Å². The Morgan fingerprint density at radius 3 is 2.60 bits per heavy atom. The van der Waals surface area contributed by atoms with Crippen molar-refractivity contribution in [3.05, 3.63) is 41.5 Å². The fourth-order valence-electron chi connectivity index (χ4n) is 3.51. The van der Waals surface area contributed by atoms with E-state index in [1.807, 2.05) is 26.1 Å². The number of aryl methyl sites for hydroxylation is 1. The monoisotopic (exact) mass is 344 g/mol. The van der Waals surface area contributed by atoms with Crippen LogP contribution in [0, 0.1) is 6.92 Å². The average molecular weight is 344 g/mol. The first kappa shape index (κ1) is 17.9. The normalized spacial score (nSPS) is 20.8. The van der Waals surface area contributed by atoms with Crippen molar-refractivity contribution in [2.45, 2.75) is 57.8 Å². The number of aliphatic hydroxyl groups excluding tert-OH is 1. The summed E-state index contributed by atoms with van der Waals surface area (Å²) in [5.41, 5.74) is 1.23. The molecule has 1 N–H and O–H groups in total. The molecule has 0 bridgehead atoms. The SMILES string of the molecule is COc1cccc(CN(Cc2nnc(C)n2C)C2CCC(O)CC2)c1. The van der Waals surface area contributed by atoms with Crippen LogP contribution in [0.25, 0.3) is 0 Å². The molecule has 1 fully saturated rings. The van der Waals surface area contributed by atoms with E-state index in [0.29, 0.717) is 6.04 Å². The molecule has 0 saturated heterocycles. The Kier molecular flexibility index (Phi) is 5.71. The Morgan fingerprint density at radius 1 is 1.20 bits per heavy atom. The molecule has 1 heterocycles. The van der Waals surface area contributed by atoms with Gasteiger partial charge in [-0.15, -0.1) is 10.2 Å². The second-order valence-corrected chi connectivity index (χ2v) is 6.94. The third kappa shape index (κ3) is 4.38. The molecule has 2 aromatic rings. The highest BCUT2D eigenvalue weighted by Crippen LogP contribution is 2.26. The lowest BCUT2D eigenvalue weighted by atomic mass is 9.91. The molecular formula is C19H28N4O2. The van der Waals surface area contributed by atoms with Gasteiger partial charge in [0, 0.05) is 19.6 Å². The molecule has 6 heteroatoms. The van der Waals surface area contributed by atoms with Gasteiger partial charge in [0.25, 0.3) is 0 Å². The molecule has 1 aliphatic rings. The van der Waals surface area contributed by atoms with Crippen molar-refractivity contribution in [1.82, 2.24) is 19.7 Å². The summed E-state index contributed by atoms with van der Waals surface area (Å²) < 4.78 is 7.41. The van der Waals surface area contributed by atoms with Crippen molar-refractivity contribution in [3.8, 4) is 5.75 Å². The second kappa shape index (κ2) is 7.97. The van der Waals surface area contributed by atoms with Crippen LogP contribution >= 0.6 is 0 Å². The van der Waals surface area contributed by atoms with Crippen LogP contribution in [0.2, 0.25) is 0 Å². The van der Waals surface area contributed by atoms with Crippen LogP contribution in [0.4, 0.5) is 0 Å². The van der Waals surface area contributed by atoms with Crippen LogP contribution in [-0.4, -0.2) is 44.0 Å². The van der Waals surface area contributed by atoms with Gasteiger partial charge < -0.3 is 14.4 Å². The van der Waals surface area contributed by atoms with Gasteiger partial charge in [0.1, 0.15) is 17.4 Å². The van der Waals surface area contributed by atoms with Crippen LogP contribution in [0.15, 0.2) is 24.3 Å². The molecular weight excluding hydrogens is 316 g/mol. The predicted molar refractivity (Wildman–Crippen MR) is 96.2 cm³/mol. The first-order valence-corrected chi connectivity index (χ1v) is 8.96. The van der Waals surface area contributed by atoms with E-state index in [1.54, 1.807) is 7.11 Å². The maximum atomic E-state index is 9.84. The summed E-state index contributed by atoms with van der Waals surface area (Å²) in [6.45, 7) is 3.57. The van der Waals surface area contributed by atoms with E-state index in [9.17, 15) is 5.11 Å². The molecule has 0 atom stereocenters. The topological polar surface area (TPSA) is 63.4 Å². The first-order chi connectivity index (χ1) is 12.1. The molecule has 0 radical (unpaired) electrons. The van der Waals surface area contributed by atoms with Crippen molar-refractivity contribution in [2.75, 3.05) is 7.11 Å². The van der Waals surface area contributed by atoms with Crippen molar-refractivity contribution >= 4 is 0 Å². The first-order valence-electron chi connectivity index (χ1n) is 8.96. The van der Waals surface area contributed by atoms with E-state index >= 15 is 0 Å². The molecule has 1 aromatic carbocycles. The fourth-order valence-corrected chi connectivity index (χ4v) is 3.51. The van der Waals surface area contributed by atoms with E-state index in [1.165, 1.54) is 5.56 Å². The molecule has 3 rings (SSSR count). The average Bonchev–Trinajstić information content (AvgIpc) is 2.94. The summed E-state index contributed by atoms with van der Waals surface area (Å²) in [6.07, 6.45) is 3.63. The van der Waals surface area contributed by atoms with Crippen molar-refractivity contribution in [1.29, 1.82) is 0 Å². The largest absolute Gasteiger partial charge is 0.497 e. The van der Waals surface area contributed by atoms with Gasteiger partial charge in [-0.05, 0) is 50.3 Å². The standard InChI is InChI=1S/C19H28N4O2/c1-14-20-21-19(22(14)2)13-23(16-7-9-17(24)10-8-16)12-15-5-4-6-18(11-15)25-3/h4-6,11,16-17,24H,7-10,12-13H2,1-3H3. The number of aliphatic hydroxyl groups is 1. The van der Waals surface area contributed by atoms with Crippen LogP contribution in [0.1, 0.15) is 42.9 Å². The number of hydrogen-bond acceptors (Lipinski definition) is 5. The third-order valence-electron chi connectivity index (χ3n) is 5.23. The van der Waals surface area contributed by atoms with Crippen molar-refractivity contribution < 1.29 is 9.84 Å². The maximum absolute atomic E-state index is 9.84. The van der Waals surface area contributed by atoms with E-state index < -0.39 is 0 Å². The molecule has 25 heavy (non-hydrogen) atoms. The lowest BCUT2D eigenvalue weighted by molar-refractivity contribution is 0.0648. The fraction of sp³-hybridized carbons (Fsp3) is 0.579. The zero-order valence-corrected chi connectivity index (χ0v) is 15.4. The van der Waals surface area contributed by atoms with Gasteiger partial charge in [0.2, 0.25) is 0 Å². The number of methoxy groups -OCH3 is 1. The Morgan fingerprint density at radius 2 is 1.96 bits per heavy atom. The molecule has 0 unspecified atom stereocenters. The summed E-state index contributed by atoms with van der Waals surface area (Å²) in [5.74, 6) is 2.79. The lowest BCUT2D eigenvalue weighted by Gasteiger charge is -2.35. The van der Waals surface area contributed by atoms with Crippen LogP contribution in [-0.2, 0) is 20.1 Å². The van der Waals surface area contributed by atoms with E-state index in [-0.39, 0.29) is 6.10 Å². The summed E-state index contributed by atoms with van der Waals surface area (Å²) >= 11 is 0. The number of benzene rings is 1. The Hall–Kier alpha value is -1.92. The minimum atomic E-state index is -0.146. The van der Waals surface area contributed by atoms with E-state index in [2.05, 4.69) is 31.8 Å². The number of rotatable bonds is 6. The number of ether oxygens (including phenoxy) is 1. The van der Waals surface area contributed by atoms with Crippen LogP contribution in [0.3, 0.4) is 0 Å². The molecule has 0 spiro atoms. The highest BCUT2D eigenvalue weighted by Gasteiger charge is 2.26. The van der Waals surface area contributed by atoms with Gasteiger partial charge in [0.05, 0.1) is 19.8 Å². The summed E-state index contributed by atoms with van der Waals surface area (Å²) in [6, 6.07) is 8.67. The van der Waals surface area contributed by atoms with Gasteiger partial charge in [-0.1, -0.05) is 12.1 Å². The van der Waals surface area contributed by atoms with Gasteiger partial charge >= 0.3 is 0 Å². The molecule has 0 amide bonds. The minimum absolute atomic E-state index is 0.146. The Labute approximate surface area is 149 Å². The summed E-state index contributed by atoms with van der Waals surface area (Å²) in [5, 5.41) is 18.4.